The minimum Gasteiger partial charge on any atom is -0.327 e. The Morgan fingerprint density at radius 2 is 2.50 bits per heavy atom. The molecule has 1 heterocycles. The lowest BCUT2D eigenvalue weighted by atomic mass is 9.89. The van der Waals surface area contributed by atoms with Gasteiger partial charge in [-0.05, 0) is 18.3 Å². The molecule has 0 spiro atoms. The van der Waals surface area contributed by atoms with Crippen molar-refractivity contribution in [3.63, 3.8) is 0 Å². The third-order valence-corrected chi connectivity index (χ3v) is 4.17. The smallest absolute Gasteiger partial charge is 0.0940 e. The van der Waals surface area contributed by atoms with Crippen LogP contribution in [-0.4, -0.2) is 11.0 Å². The quantitative estimate of drug-likeness (QED) is 0.832. The topological polar surface area (TPSA) is 38.9 Å². The first-order chi connectivity index (χ1) is 6.77. The van der Waals surface area contributed by atoms with Crippen LogP contribution in [0.25, 0.3) is 0 Å². The average Bonchev–Trinajstić information content (AvgIpc) is 2.75. The van der Waals surface area contributed by atoms with Gasteiger partial charge in [0.1, 0.15) is 0 Å². The molecule has 0 bridgehead atoms. The molecular formula is C11H18N2S. The number of hydrogen-bond acceptors (Lipinski definition) is 3. The van der Waals surface area contributed by atoms with Crippen molar-refractivity contribution in [2.45, 2.75) is 38.6 Å². The third kappa shape index (κ3) is 2.15. The standard InChI is InChI=1S/C11H18N2S/c1-8-3-2-4-9(8)10(12)7-11-13-5-6-14-11/h5-6,8-10H,2-4,7,12H2,1H3. The van der Waals surface area contributed by atoms with Gasteiger partial charge in [0.25, 0.3) is 0 Å². The van der Waals surface area contributed by atoms with E-state index in [4.69, 9.17) is 5.73 Å². The predicted octanol–water partition coefficient (Wildman–Crippen LogP) is 2.45. The van der Waals surface area contributed by atoms with Gasteiger partial charge < -0.3 is 5.73 Å². The number of rotatable bonds is 3. The Kier molecular flexibility index (Phi) is 3.19. The minimum atomic E-state index is 0.318. The molecule has 0 radical (unpaired) electrons. The van der Waals surface area contributed by atoms with Crippen molar-refractivity contribution in [1.82, 2.24) is 4.98 Å². The van der Waals surface area contributed by atoms with Gasteiger partial charge in [-0.2, -0.15) is 0 Å². The van der Waals surface area contributed by atoms with Crippen LogP contribution in [0.3, 0.4) is 0 Å². The zero-order valence-corrected chi connectivity index (χ0v) is 9.46. The predicted molar refractivity (Wildman–Crippen MR) is 60.3 cm³/mol. The van der Waals surface area contributed by atoms with Crippen LogP contribution >= 0.6 is 11.3 Å². The molecule has 1 aromatic heterocycles. The second-order valence-electron chi connectivity index (χ2n) is 4.37. The number of nitrogens with zero attached hydrogens (tertiary/aromatic N) is 1. The van der Waals surface area contributed by atoms with E-state index < -0.39 is 0 Å². The summed E-state index contributed by atoms with van der Waals surface area (Å²) in [6, 6.07) is 0.318. The van der Waals surface area contributed by atoms with E-state index in [1.54, 1.807) is 11.3 Å². The second kappa shape index (κ2) is 4.41. The van der Waals surface area contributed by atoms with Gasteiger partial charge in [-0.3, -0.25) is 0 Å². The van der Waals surface area contributed by atoms with Crippen LogP contribution in [0.2, 0.25) is 0 Å². The molecule has 0 aromatic carbocycles. The first kappa shape index (κ1) is 10.1. The monoisotopic (exact) mass is 210 g/mol. The first-order valence-corrected chi connectivity index (χ1v) is 6.29. The van der Waals surface area contributed by atoms with E-state index in [0.29, 0.717) is 6.04 Å². The Hall–Kier alpha value is -0.410. The van der Waals surface area contributed by atoms with E-state index in [1.807, 2.05) is 11.6 Å². The summed E-state index contributed by atoms with van der Waals surface area (Å²) >= 11 is 1.72. The summed E-state index contributed by atoms with van der Waals surface area (Å²) in [6.45, 7) is 2.33. The molecule has 1 aromatic rings. The van der Waals surface area contributed by atoms with Crippen LogP contribution in [0.1, 0.15) is 31.2 Å². The molecule has 2 N–H and O–H groups in total. The third-order valence-electron chi connectivity index (χ3n) is 3.37. The van der Waals surface area contributed by atoms with Gasteiger partial charge in [0.2, 0.25) is 0 Å². The maximum absolute atomic E-state index is 6.23. The maximum atomic E-state index is 6.23. The first-order valence-electron chi connectivity index (χ1n) is 5.41. The van der Waals surface area contributed by atoms with Crippen LogP contribution in [-0.2, 0) is 6.42 Å². The van der Waals surface area contributed by atoms with Crippen LogP contribution in [0.4, 0.5) is 0 Å². The molecule has 1 aliphatic carbocycles. The molecule has 2 rings (SSSR count). The molecule has 14 heavy (non-hydrogen) atoms. The highest BCUT2D eigenvalue weighted by molar-refractivity contribution is 7.09. The summed E-state index contributed by atoms with van der Waals surface area (Å²) in [5.74, 6) is 1.53. The molecule has 3 unspecified atom stereocenters. The van der Waals surface area contributed by atoms with E-state index in [2.05, 4.69) is 11.9 Å². The maximum Gasteiger partial charge on any atom is 0.0940 e. The highest BCUT2D eigenvalue weighted by Gasteiger charge is 2.28. The van der Waals surface area contributed by atoms with Crippen molar-refractivity contribution in [2.24, 2.45) is 17.6 Å². The number of aromatic nitrogens is 1. The molecule has 2 nitrogen and oxygen atoms in total. The van der Waals surface area contributed by atoms with Gasteiger partial charge in [-0.15, -0.1) is 11.3 Å². The van der Waals surface area contributed by atoms with Gasteiger partial charge >= 0.3 is 0 Å². The largest absolute Gasteiger partial charge is 0.327 e. The van der Waals surface area contributed by atoms with E-state index in [9.17, 15) is 0 Å². The SMILES string of the molecule is CC1CCCC1C(N)Cc1nccs1. The van der Waals surface area contributed by atoms with E-state index in [0.717, 1.165) is 18.3 Å². The van der Waals surface area contributed by atoms with Gasteiger partial charge in [0.05, 0.1) is 5.01 Å². The second-order valence-corrected chi connectivity index (χ2v) is 5.34. The van der Waals surface area contributed by atoms with Crippen molar-refractivity contribution >= 4 is 11.3 Å². The van der Waals surface area contributed by atoms with Gasteiger partial charge in [-0.25, -0.2) is 4.98 Å². The number of nitrogens with two attached hydrogens (primary N) is 1. The van der Waals surface area contributed by atoms with E-state index in [1.165, 1.54) is 24.3 Å². The summed E-state index contributed by atoms with van der Waals surface area (Å²) in [4.78, 5) is 4.29. The lowest BCUT2D eigenvalue weighted by Crippen LogP contribution is -2.33. The Bertz CT molecular complexity index is 271. The Morgan fingerprint density at radius 1 is 1.64 bits per heavy atom. The molecule has 0 saturated heterocycles. The highest BCUT2D eigenvalue weighted by atomic mass is 32.1. The van der Waals surface area contributed by atoms with Crippen molar-refractivity contribution in [2.75, 3.05) is 0 Å². The van der Waals surface area contributed by atoms with Crippen molar-refractivity contribution < 1.29 is 0 Å². The van der Waals surface area contributed by atoms with Gasteiger partial charge in [-0.1, -0.05) is 19.8 Å². The summed E-state index contributed by atoms with van der Waals surface area (Å²) < 4.78 is 0. The summed E-state index contributed by atoms with van der Waals surface area (Å²) in [7, 11) is 0. The minimum absolute atomic E-state index is 0.318. The zero-order valence-electron chi connectivity index (χ0n) is 8.65. The lowest BCUT2D eigenvalue weighted by Gasteiger charge is -2.22. The lowest BCUT2D eigenvalue weighted by molar-refractivity contribution is 0.343. The molecular weight excluding hydrogens is 192 g/mol. The van der Waals surface area contributed by atoms with Crippen LogP contribution in [0.5, 0.6) is 0 Å². The number of thiazole rings is 1. The molecule has 1 saturated carbocycles. The summed E-state index contributed by atoms with van der Waals surface area (Å²) in [6.07, 6.45) is 6.86. The molecule has 3 atom stereocenters. The van der Waals surface area contributed by atoms with Gasteiger partial charge in [0, 0.05) is 24.0 Å². The van der Waals surface area contributed by atoms with Crippen LogP contribution in [0.15, 0.2) is 11.6 Å². The molecule has 1 aliphatic rings. The fourth-order valence-corrected chi connectivity index (χ4v) is 3.21. The molecule has 1 fully saturated rings. The summed E-state index contributed by atoms with van der Waals surface area (Å²) in [5, 5.41) is 3.22. The molecule has 0 aliphatic heterocycles. The number of hydrogen-bond donors (Lipinski definition) is 1. The Morgan fingerprint density at radius 3 is 3.07 bits per heavy atom. The Labute approximate surface area is 89.5 Å². The average molecular weight is 210 g/mol. The van der Waals surface area contributed by atoms with Gasteiger partial charge in [0.15, 0.2) is 0 Å². The molecule has 78 valence electrons. The zero-order chi connectivity index (χ0) is 9.97. The van der Waals surface area contributed by atoms with Crippen molar-refractivity contribution in [3.8, 4) is 0 Å². The normalized spacial score (nSPS) is 29.3. The fourth-order valence-electron chi connectivity index (χ4n) is 2.52. The Balaban J connectivity index is 1.92. The molecule has 0 amide bonds. The van der Waals surface area contributed by atoms with E-state index in [-0.39, 0.29) is 0 Å². The van der Waals surface area contributed by atoms with Crippen LogP contribution in [0, 0.1) is 11.8 Å². The van der Waals surface area contributed by atoms with Crippen molar-refractivity contribution in [3.05, 3.63) is 16.6 Å². The van der Waals surface area contributed by atoms with Crippen molar-refractivity contribution in [1.29, 1.82) is 0 Å². The highest BCUT2D eigenvalue weighted by Crippen LogP contribution is 2.33. The van der Waals surface area contributed by atoms with E-state index >= 15 is 0 Å². The fraction of sp³-hybridized carbons (Fsp3) is 0.727. The molecule has 3 heteroatoms. The van der Waals surface area contributed by atoms with Crippen LogP contribution < -0.4 is 5.73 Å². The summed E-state index contributed by atoms with van der Waals surface area (Å²) in [5.41, 5.74) is 6.23.